The largest absolute Gasteiger partial charge is 0.478 e. The van der Waals surface area contributed by atoms with Crippen LogP contribution >= 0.6 is 22.9 Å². The number of carboxylic acid groups (broad SMARTS) is 1. The molecular formula is C13H8ClNO5S. The Morgan fingerprint density at radius 2 is 2.14 bits per heavy atom. The number of carbonyl (C=O) groups excluding carboxylic acids is 1. The van der Waals surface area contributed by atoms with Crippen LogP contribution in [-0.2, 0) is 0 Å². The summed E-state index contributed by atoms with van der Waals surface area (Å²) in [6, 6.07) is 4.37. The molecule has 2 aromatic rings. The molecule has 8 heteroatoms. The smallest absolute Gasteiger partial charge is 0.338 e. The van der Waals surface area contributed by atoms with Crippen LogP contribution in [0, 0.1) is 0 Å². The zero-order chi connectivity index (χ0) is 15.0. The molecule has 0 atom stereocenters. The van der Waals surface area contributed by atoms with Crippen molar-refractivity contribution < 1.29 is 24.2 Å². The van der Waals surface area contributed by atoms with Crippen LogP contribution in [0.4, 0.5) is 5.00 Å². The lowest BCUT2D eigenvalue weighted by Crippen LogP contribution is -2.13. The van der Waals surface area contributed by atoms with Gasteiger partial charge in [0.2, 0.25) is 6.79 Å². The van der Waals surface area contributed by atoms with Crippen LogP contribution in [0.15, 0.2) is 23.6 Å². The monoisotopic (exact) mass is 325 g/mol. The van der Waals surface area contributed by atoms with Crippen LogP contribution in [0.2, 0.25) is 5.02 Å². The Morgan fingerprint density at radius 3 is 2.90 bits per heavy atom. The van der Waals surface area contributed by atoms with Crippen molar-refractivity contribution >= 4 is 39.8 Å². The van der Waals surface area contributed by atoms with E-state index < -0.39 is 11.9 Å². The van der Waals surface area contributed by atoms with Crippen LogP contribution < -0.4 is 14.8 Å². The molecule has 1 aromatic carbocycles. The van der Waals surface area contributed by atoms with Crippen molar-refractivity contribution in [1.82, 2.24) is 0 Å². The third kappa shape index (κ3) is 2.53. The summed E-state index contributed by atoms with van der Waals surface area (Å²) in [5.74, 6) is -0.789. The van der Waals surface area contributed by atoms with Crippen LogP contribution in [-0.4, -0.2) is 23.8 Å². The molecule has 1 amide bonds. The molecule has 0 saturated heterocycles. The molecular weight excluding hydrogens is 318 g/mol. The Labute approximate surface area is 127 Å². The van der Waals surface area contributed by atoms with Gasteiger partial charge in [-0.15, -0.1) is 11.3 Å². The van der Waals surface area contributed by atoms with Gasteiger partial charge in [0, 0.05) is 5.56 Å². The molecule has 2 N–H and O–H groups in total. The minimum absolute atomic E-state index is 0.0418. The highest BCUT2D eigenvalue weighted by Crippen LogP contribution is 2.40. The zero-order valence-corrected chi connectivity index (χ0v) is 12.0. The summed E-state index contributed by atoms with van der Waals surface area (Å²) in [6.45, 7) is 0.0498. The number of anilines is 1. The van der Waals surface area contributed by atoms with Crippen molar-refractivity contribution in [3.05, 3.63) is 39.7 Å². The number of hydrogen-bond acceptors (Lipinski definition) is 5. The van der Waals surface area contributed by atoms with E-state index in [-0.39, 0.29) is 27.9 Å². The third-order valence-corrected chi connectivity index (χ3v) is 3.92. The van der Waals surface area contributed by atoms with E-state index in [1.165, 1.54) is 18.2 Å². The van der Waals surface area contributed by atoms with Gasteiger partial charge in [0.25, 0.3) is 5.91 Å². The SMILES string of the molecule is O=C(Nc1sccc1C(=O)O)c1cc(Cl)c2c(c1)OCO2. The Kier molecular flexibility index (Phi) is 3.44. The Hall–Kier alpha value is -2.25. The van der Waals surface area contributed by atoms with Crippen molar-refractivity contribution in [2.75, 3.05) is 12.1 Å². The lowest BCUT2D eigenvalue weighted by atomic mass is 10.2. The molecule has 3 rings (SSSR count). The van der Waals surface area contributed by atoms with Crippen molar-refractivity contribution in [2.45, 2.75) is 0 Å². The molecule has 0 saturated carbocycles. The summed E-state index contributed by atoms with van der Waals surface area (Å²) in [5.41, 5.74) is 0.300. The predicted octanol–water partition coefficient (Wildman–Crippen LogP) is 3.08. The number of ether oxygens (including phenoxy) is 2. The lowest BCUT2D eigenvalue weighted by Gasteiger charge is -2.06. The fourth-order valence-electron chi connectivity index (χ4n) is 1.85. The van der Waals surface area contributed by atoms with Gasteiger partial charge in [0.1, 0.15) is 5.00 Å². The number of hydrogen-bond donors (Lipinski definition) is 2. The fourth-order valence-corrected chi connectivity index (χ4v) is 2.89. The van der Waals surface area contributed by atoms with Gasteiger partial charge in [-0.25, -0.2) is 4.79 Å². The maximum absolute atomic E-state index is 12.2. The highest BCUT2D eigenvalue weighted by atomic mass is 35.5. The van der Waals surface area contributed by atoms with Gasteiger partial charge in [-0.1, -0.05) is 11.6 Å². The van der Waals surface area contributed by atoms with Gasteiger partial charge in [-0.2, -0.15) is 0 Å². The first-order chi connectivity index (χ1) is 10.1. The number of carbonyl (C=O) groups is 2. The minimum Gasteiger partial charge on any atom is -0.478 e. The molecule has 0 bridgehead atoms. The summed E-state index contributed by atoms with van der Waals surface area (Å²) in [7, 11) is 0. The van der Waals surface area contributed by atoms with Gasteiger partial charge < -0.3 is 19.9 Å². The first kappa shape index (κ1) is 13.7. The van der Waals surface area contributed by atoms with Gasteiger partial charge in [-0.3, -0.25) is 4.79 Å². The quantitative estimate of drug-likeness (QED) is 0.905. The molecule has 2 heterocycles. The zero-order valence-electron chi connectivity index (χ0n) is 10.4. The number of thiophene rings is 1. The van der Waals surface area contributed by atoms with Crippen molar-refractivity contribution in [1.29, 1.82) is 0 Å². The van der Waals surface area contributed by atoms with Crippen molar-refractivity contribution in [2.24, 2.45) is 0 Å². The molecule has 108 valence electrons. The summed E-state index contributed by atoms with van der Waals surface area (Å²) in [5, 5.41) is 13.7. The molecule has 0 unspecified atom stereocenters. The fraction of sp³-hybridized carbons (Fsp3) is 0.0769. The van der Waals surface area contributed by atoms with Gasteiger partial charge >= 0.3 is 5.97 Å². The van der Waals surface area contributed by atoms with E-state index in [1.54, 1.807) is 5.38 Å². The Bertz CT molecular complexity index is 742. The maximum atomic E-state index is 12.2. The number of amides is 1. The number of carboxylic acids is 1. The molecule has 0 aliphatic carbocycles. The Morgan fingerprint density at radius 1 is 1.33 bits per heavy atom. The Balaban J connectivity index is 1.88. The highest BCUT2D eigenvalue weighted by Gasteiger charge is 2.22. The number of aromatic carboxylic acids is 1. The second kappa shape index (κ2) is 5.27. The van der Waals surface area contributed by atoms with E-state index in [4.69, 9.17) is 26.2 Å². The first-order valence-corrected chi connectivity index (χ1v) is 7.03. The number of rotatable bonds is 3. The van der Waals surface area contributed by atoms with E-state index in [1.807, 2.05) is 0 Å². The van der Waals surface area contributed by atoms with Crippen molar-refractivity contribution in [3.63, 3.8) is 0 Å². The van der Waals surface area contributed by atoms with E-state index in [0.717, 1.165) is 11.3 Å². The molecule has 0 fully saturated rings. The normalized spacial score (nSPS) is 12.2. The molecule has 1 aromatic heterocycles. The van der Waals surface area contributed by atoms with E-state index >= 15 is 0 Å². The summed E-state index contributed by atoms with van der Waals surface area (Å²) in [4.78, 5) is 23.2. The third-order valence-electron chi connectivity index (χ3n) is 2.81. The van der Waals surface area contributed by atoms with E-state index in [2.05, 4.69) is 5.32 Å². The molecule has 6 nitrogen and oxygen atoms in total. The lowest BCUT2D eigenvalue weighted by molar-refractivity contribution is 0.0698. The summed E-state index contributed by atoms with van der Waals surface area (Å²) >= 11 is 7.13. The van der Waals surface area contributed by atoms with Gasteiger partial charge in [-0.05, 0) is 23.6 Å². The van der Waals surface area contributed by atoms with Crippen LogP contribution in [0.1, 0.15) is 20.7 Å². The van der Waals surface area contributed by atoms with Gasteiger partial charge in [0.15, 0.2) is 11.5 Å². The maximum Gasteiger partial charge on any atom is 0.338 e. The van der Waals surface area contributed by atoms with Gasteiger partial charge in [0.05, 0.1) is 10.6 Å². The average molecular weight is 326 g/mol. The molecule has 0 spiro atoms. The summed E-state index contributed by atoms with van der Waals surface area (Å²) in [6.07, 6.45) is 0. The predicted molar refractivity (Wildman–Crippen MR) is 76.8 cm³/mol. The number of fused-ring (bicyclic) bond motifs is 1. The van der Waals surface area contributed by atoms with Crippen LogP contribution in [0.3, 0.4) is 0 Å². The molecule has 1 aliphatic heterocycles. The van der Waals surface area contributed by atoms with Crippen LogP contribution in [0.5, 0.6) is 11.5 Å². The van der Waals surface area contributed by atoms with Crippen LogP contribution in [0.25, 0.3) is 0 Å². The second-order valence-corrected chi connectivity index (χ2v) is 5.44. The first-order valence-electron chi connectivity index (χ1n) is 5.77. The summed E-state index contributed by atoms with van der Waals surface area (Å²) < 4.78 is 10.3. The molecule has 0 radical (unpaired) electrons. The van der Waals surface area contributed by atoms with E-state index in [0.29, 0.717) is 11.5 Å². The topological polar surface area (TPSA) is 84.9 Å². The minimum atomic E-state index is -1.10. The second-order valence-electron chi connectivity index (χ2n) is 4.11. The number of nitrogens with one attached hydrogen (secondary N) is 1. The van der Waals surface area contributed by atoms with Crippen molar-refractivity contribution in [3.8, 4) is 11.5 Å². The standard InChI is InChI=1S/C13H8ClNO5S/c14-8-3-6(4-9-10(8)20-5-19-9)11(16)15-12-7(13(17)18)1-2-21-12/h1-4H,5H2,(H,15,16)(H,17,18). The highest BCUT2D eigenvalue weighted by molar-refractivity contribution is 7.14. The molecule has 1 aliphatic rings. The number of halogens is 1. The van der Waals surface area contributed by atoms with E-state index in [9.17, 15) is 9.59 Å². The molecule has 21 heavy (non-hydrogen) atoms. The average Bonchev–Trinajstić information content (AvgIpc) is 3.06. The number of benzene rings is 1.